The Kier molecular flexibility index (Phi) is 8.58. The summed E-state index contributed by atoms with van der Waals surface area (Å²) in [4.78, 5) is 24.0. The Morgan fingerprint density at radius 2 is 1.73 bits per heavy atom. The minimum Gasteiger partial charge on any atom is -0.494 e. The highest BCUT2D eigenvalue weighted by atomic mass is 32.2. The van der Waals surface area contributed by atoms with Crippen molar-refractivity contribution in [3.05, 3.63) is 54.1 Å². The summed E-state index contributed by atoms with van der Waals surface area (Å²) in [5, 5.41) is -0.0465. The standard InChI is InChI=1S/C20H23NO3S2/c1-3-4-13-24-18-9-11-19(12-10-18)26-21-17-7-5-16(6-8-17)20(23)14-25-15(2)22/h5-12,21H,3-4,13-14H2,1-2H3. The molecule has 0 heterocycles. The zero-order valence-electron chi connectivity index (χ0n) is 15.0. The van der Waals surface area contributed by atoms with Crippen molar-refractivity contribution in [2.24, 2.45) is 0 Å². The van der Waals surface area contributed by atoms with Gasteiger partial charge in [0.05, 0.1) is 12.4 Å². The van der Waals surface area contributed by atoms with Crippen LogP contribution in [0.3, 0.4) is 0 Å². The number of thioether (sulfide) groups is 1. The number of nitrogens with one attached hydrogen (secondary N) is 1. The molecular weight excluding hydrogens is 366 g/mol. The van der Waals surface area contributed by atoms with Crippen molar-refractivity contribution in [2.75, 3.05) is 17.1 Å². The molecule has 2 aromatic carbocycles. The third kappa shape index (κ3) is 7.14. The van der Waals surface area contributed by atoms with E-state index in [1.54, 1.807) is 12.1 Å². The van der Waals surface area contributed by atoms with E-state index in [2.05, 4.69) is 11.6 Å². The molecular formula is C20H23NO3S2. The first-order valence-electron chi connectivity index (χ1n) is 8.51. The molecule has 0 aromatic heterocycles. The van der Waals surface area contributed by atoms with Gasteiger partial charge in [0.25, 0.3) is 0 Å². The van der Waals surface area contributed by atoms with Crippen molar-refractivity contribution < 1.29 is 14.3 Å². The quantitative estimate of drug-likeness (QED) is 0.331. The topological polar surface area (TPSA) is 55.4 Å². The smallest absolute Gasteiger partial charge is 0.186 e. The number of hydrogen-bond acceptors (Lipinski definition) is 6. The van der Waals surface area contributed by atoms with E-state index in [1.165, 1.54) is 18.9 Å². The average Bonchev–Trinajstić information content (AvgIpc) is 2.66. The summed E-state index contributed by atoms with van der Waals surface area (Å²) in [7, 11) is 0. The second-order valence-corrected chi connectivity index (χ2v) is 7.69. The molecule has 1 N–H and O–H groups in total. The maximum Gasteiger partial charge on any atom is 0.186 e. The fourth-order valence-corrected chi connectivity index (χ4v) is 3.18. The van der Waals surface area contributed by atoms with Gasteiger partial charge in [-0.2, -0.15) is 0 Å². The number of unbranched alkanes of at least 4 members (excludes halogenated alkanes) is 1. The third-order valence-electron chi connectivity index (χ3n) is 3.49. The van der Waals surface area contributed by atoms with Crippen LogP contribution in [0.2, 0.25) is 0 Å². The van der Waals surface area contributed by atoms with E-state index in [0.717, 1.165) is 47.5 Å². The number of carbonyl (C=O) groups excluding carboxylic acids is 2. The van der Waals surface area contributed by atoms with Gasteiger partial charge >= 0.3 is 0 Å². The molecule has 26 heavy (non-hydrogen) atoms. The number of hydrogen-bond donors (Lipinski definition) is 1. The van der Waals surface area contributed by atoms with Crippen molar-refractivity contribution in [3.63, 3.8) is 0 Å². The summed E-state index contributed by atoms with van der Waals surface area (Å²) in [6.45, 7) is 4.35. The molecule has 0 aliphatic carbocycles. The van der Waals surface area contributed by atoms with Crippen molar-refractivity contribution in [3.8, 4) is 5.75 Å². The molecule has 6 heteroatoms. The number of carbonyl (C=O) groups is 2. The maximum absolute atomic E-state index is 12.0. The van der Waals surface area contributed by atoms with Crippen molar-refractivity contribution in [1.82, 2.24) is 0 Å². The Bertz CT molecular complexity index is 715. The number of rotatable bonds is 10. The van der Waals surface area contributed by atoms with Gasteiger partial charge in [-0.25, -0.2) is 0 Å². The molecule has 0 spiro atoms. The molecule has 0 unspecified atom stereocenters. The third-order valence-corrected chi connectivity index (χ3v) is 5.15. The Morgan fingerprint density at radius 3 is 2.35 bits per heavy atom. The number of benzene rings is 2. The first kappa shape index (κ1) is 20.4. The van der Waals surface area contributed by atoms with Crippen LogP contribution in [-0.2, 0) is 4.79 Å². The first-order chi connectivity index (χ1) is 12.6. The van der Waals surface area contributed by atoms with Crippen LogP contribution in [0.15, 0.2) is 53.4 Å². The van der Waals surface area contributed by atoms with Gasteiger partial charge in [-0.3, -0.25) is 9.59 Å². The highest BCUT2D eigenvalue weighted by Crippen LogP contribution is 2.24. The number of ether oxygens (including phenoxy) is 1. The second-order valence-electron chi connectivity index (χ2n) is 5.66. The highest BCUT2D eigenvalue weighted by molar-refractivity contribution is 8.14. The lowest BCUT2D eigenvalue weighted by Gasteiger charge is -2.08. The largest absolute Gasteiger partial charge is 0.494 e. The molecule has 0 radical (unpaired) electrons. The fourth-order valence-electron chi connectivity index (χ4n) is 2.03. The lowest BCUT2D eigenvalue weighted by atomic mass is 10.1. The van der Waals surface area contributed by atoms with Gasteiger partial charge in [0.1, 0.15) is 5.75 Å². The summed E-state index contributed by atoms with van der Waals surface area (Å²) >= 11 is 2.53. The minimum atomic E-state index is -0.0465. The minimum absolute atomic E-state index is 0.0388. The Morgan fingerprint density at radius 1 is 1.04 bits per heavy atom. The molecule has 0 bridgehead atoms. The SMILES string of the molecule is CCCCOc1ccc(SNc2ccc(C(=O)CSC(C)=O)cc2)cc1. The fraction of sp³-hybridized carbons (Fsp3) is 0.300. The molecule has 138 valence electrons. The van der Waals surface area contributed by atoms with Crippen LogP contribution < -0.4 is 9.46 Å². The van der Waals surface area contributed by atoms with E-state index >= 15 is 0 Å². The predicted octanol–water partition coefficient (Wildman–Crippen LogP) is 5.45. The monoisotopic (exact) mass is 389 g/mol. The van der Waals surface area contributed by atoms with E-state index in [4.69, 9.17) is 4.74 Å². The number of ketones is 1. The van der Waals surface area contributed by atoms with Gasteiger partial charge in [0.15, 0.2) is 10.9 Å². The Balaban J connectivity index is 1.82. The number of anilines is 1. The van der Waals surface area contributed by atoms with Gasteiger partial charge in [0, 0.05) is 23.1 Å². The molecule has 0 aliphatic heterocycles. The predicted molar refractivity (Wildman–Crippen MR) is 110 cm³/mol. The lowest BCUT2D eigenvalue weighted by Crippen LogP contribution is -2.03. The van der Waals surface area contributed by atoms with Crippen LogP contribution in [0.1, 0.15) is 37.0 Å². The van der Waals surface area contributed by atoms with Crippen molar-refractivity contribution >= 4 is 40.3 Å². The molecule has 4 nitrogen and oxygen atoms in total. The van der Waals surface area contributed by atoms with E-state index in [-0.39, 0.29) is 16.7 Å². The maximum atomic E-state index is 12.0. The van der Waals surface area contributed by atoms with Crippen LogP contribution in [0.4, 0.5) is 5.69 Å². The second kappa shape index (κ2) is 10.9. The van der Waals surface area contributed by atoms with Gasteiger partial charge in [0.2, 0.25) is 0 Å². The van der Waals surface area contributed by atoms with Crippen LogP contribution in [0.5, 0.6) is 5.75 Å². The van der Waals surface area contributed by atoms with Crippen molar-refractivity contribution in [2.45, 2.75) is 31.6 Å². The highest BCUT2D eigenvalue weighted by Gasteiger charge is 2.07. The summed E-state index contributed by atoms with van der Waals surface area (Å²) in [5.41, 5.74) is 1.52. The van der Waals surface area contributed by atoms with Crippen LogP contribution in [-0.4, -0.2) is 23.3 Å². The van der Waals surface area contributed by atoms with Crippen molar-refractivity contribution in [1.29, 1.82) is 0 Å². The van der Waals surface area contributed by atoms with E-state index in [1.807, 2.05) is 36.4 Å². The molecule has 0 fully saturated rings. The normalized spacial score (nSPS) is 10.4. The van der Waals surface area contributed by atoms with Gasteiger partial charge in [-0.1, -0.05) is 25.1 Å². The summed E-state index contributed by atoms with van der Waals surface area (Å²) in [6.07, 6.45) is 2.18. The van der Waals surface area contributed by atoms with Crippen LogP contribution in [0.25, 0.3) is 0 Å². The molecule has 0 atom stereocenters. The van der Waals surface area contributed by atoms with Gasteiger partial charge in [-0.15, -0.1) is 0 Å². The summed E-state index contributed by atoms with van der Waals surface area (Å²) in [6, 6.07) is 15.2. The molecule has 2 rings (SSSR count). The summed E-state index contributed by atoms with van der Waals surface area (Å²) < 4.78 is 8.90. The van der Waals surface area contributed by atoms with E-state index in [9.17, 15) is 9.59 Å². The van der Waals surface area contributed by atoms with Crippen LogP contribution >= 0.6 is 23.7 Å². The zero-order chi connectivity index (χ0) is 18.8. The molecule has 0 aliphatic rings. The van der Waals surface area contributed by atoms with Gasteiger partial charge in [-0.05, 0) is 66.9 Å². The van der Waals surface area contributed by atoms with E-state index < -0.39 is 0 Å². The summed E-state index contributed by atoms with van der Waals surface area (Å²) in [5.74, 6) is 1.03. The van der Waals surface area contributed by atoms with Crippen LogP contribution in [0, 0.1) is 0 Å². The number of Topliss-reactive ketones (excluding diaryl/α,β-unsaturated/α-hetero) is 1. The Labute approximate surface area is 163 Å². The zero-order valence-corrected chi connectivity index (χ0v) is 16.6. The first-order valence-corrected chi connectivity index (χ1v) is 10.3. The van der Waals surface area contributed by atoms with E-state index in [0.29, 0.717) is 5.56 Å². The Hall–Kier alpha value is -1.92. The lowest BCUT2D eigenvalue weighted by molar-refractivity contribution is -0.109. The molecule has 0 saturated carbocycles. The molecule has 0 amide bonds. The average molecular weight is 390 g/mol. The molecule has 2 aromatic rings. The molecule has 0 saturated heterocycles. The van der Waals surface area contributed by atoms with Gasteiger partial charge < -0.3 is 9.46 Å².